The van der Waals surface area contributed by atoms with Crippen molar-refractivity contribution in [2.75, 3.05) is 33.4 Å². The third kappa shape index (κ3) is 8.28. The number of aromatic nitrogens is 1. The van der Waals surface area contributed by atoms with Crippen LogP contribution in [0.3, 0.4) is 0 Å². The Balaban J connectivity index is 0.00000300. The van der Waals surface area contributed by atoms with E-state index in [1.165, 1.54) is 38.5 Å². The summed E-state index contributed by atoms with van der Waals surface area (Å²) in [5.41, 5.74) is 1.43. The van der Waals surface area contributed by atoms with Crippen LogP contribution in [0.2, 0.25) is 0 Å². The molecule has 1 aromatic heterocycles. The quantitative estimate of drug-likeness (QED) is 0.263. The smallest absolute Gasteiger partial charge is 0.213 e. The molecular formula is C22H37IN4O2. The summed E-state index contributed by atoms with van der Waals surface area (Å²) in [7, 11) is 1.79. The molecule has 2 N–H and O–H groups in total. The van der Waals surface area contributed by atoms with Gasteiger partial charge in [-0.15, -0.1) is 24.0 Å². The van der Waals surface area contributed by atoms with E-state index in [9.17, 15) is 0 Å². The van der Waals surface area contributed by atoms with Crippen molar-refractivity contribution in [3.05, 3.63) is 23.9 Å². The summed E-state index contributed by atoms with van der Waals surface area (Å²) in [6.07, 6.45) is 10.7. The summed E-state index contributed by atoms with van der Waals surface area (Å²) in [6.45, 7) is 6.13. The van der Waals surface area contributed by atoms with E-state index in [4.69, 9.17) is 14.5 Å². The van der Waals surface area contributed by atoms with E-state index in [0.29, 0.717) is 17.8 Å². The Morgan fingerprint density at radius 1 is 1.24 bits per heavy atom. The van der Waals surface area contributed by atoms with Gasteiger partial charge in [0.2, 0.25) is 5.88 Å². The molecule has 0 bridgehead atoms. The van der Waals surface area contributed by atoms with Crippen molar-refractivity contribution in [1.82, 2.24) is 15.6 Å². The average molecular weight is 516 g/mol. The highest BCUT2D eigenvalue weighted by atomic mass is 127. The van der Waals surface area contributed by atoms with E-state index < -0.39 is 0 Å². The molecule has 7 heteroatoms. The van der Waals surface area contributed by atoms with E-state index in [2.05, 4.69) is 28.6 Å². The zero-order valence-corrected chi connectivity index (χ0v) is 20.2. The first-order valence-electron chi connectivity index (χ1n) is 10.8. The fourth-order valence-corrected chi connectivity index (χ4v) is 3.82. The van der Waals surface area contributed by atoms with Crippen LogP contribution in [0.5, 0.6) is 5.88 Å². The molecule has 6 nitrogen and oxygen atoms in total. The molecule has 29 heavy (non-hydrogen) atoms. The van der Waals surface area contributed by atoms with Gasteiger partial charge in [0.1, 0.15) is 0 Å². The van der Waals surface area contributed by atoms with Crippen LogP contribution in [0, 0.1) is 11.3 Å². The van der Waals surface area contributed by atoms with Crippen LogP contribution >= 0.6 is 24.0 Å². The van der Waals surface area contributed by atoms with E-state index in [1.54, 1.807) is 7.11 Å². The van der Waals surface area contributed by atoms with Crippen LogP contribution in [0.15, 0.2) is 23.3 Å². The van der Waals surface area contributed by atoms with Gasteiger partial charge >= 0.3 is 0 Å². The Labute approximate surface area is 192 Å². The lowest BCUT2D eigenvalue weighted by Gasteiger charge is -2.30. The number of halogens is 1. The van der Waals surface area contributed by atoms with Gasteiger partial charge < -0.3 is 20.1 Å². The van der Waals surface area contributed by atoms with E-state index >= 15 is 0 Å². The van der Waals surface area contributed by atoms with Gasteiger partial charge in [-0.1, -0.05) is 18.9 Å². The fraction of sp³-hybridized carbons (Fsp3) is 0.727. The molecule has 0 unspecified atom stereocenters. The number of pyridine rings is 1. The van der Waals surface area contributed by atoms with Gasteiger partial charge in [0.25, 0.3) is 0 Å². The normalized spacial score (nSPS) is 18.2. The monoisotopic (exact) mass is 516 g/mol. The van der Waals surface area contributed by atoms with Gasteiger partial charge in [0, 0.05) is 39.1 Å². The van der Waals surface area contributed by atoms with Crippen LogP contribution in [0.4, 0.5) is 0 Å². The third-order valence-electron chi connectivity index (χ3n) is 5.86. The van der Waals surface area contributed by atoms with Crippen molar-refractivity contribution in [3.8, 4) is 5.88 Å². The molecule has 1 aromatic rings. The predicted octanol–water partition coefficient (Wildman–Crippen LogP) is 4.14. The molecule has 0 aromatic carbocycles. The lowest BCUT2D eigenvalue weighted by atomic mass is 9.83. The van der Waals surface area contributed by atoms with Gasteiger partial charge in [0.05, 0.1) is 13.2 Å². The SMILES string of the molecule is CCNC(=NCc1ccc(OCC2CC2)nc1)NCC1(CCOC)CCCC1.I. The molecule has 0 spiro atoms. The summed E-state index contributed by atoms with van der Waals surface area (Å²) in [5.74, 6) is 2.33. The first kappa shape index (κ1) is 24.2. The Morgan fingerprint density at radius 3 is 2.66 bits per heavy atom. The van der Waals surface area contributed by atoms with Gasteiger partial charge in [-0.3, -0.25) is 0 Å². The molecule has 2 saturated carbocycles. The van der Waals surface area contributed by atoms with Crippen LogP contribution in [0.1, 0.15) is 57.4 Å². The lowest BCUT2D eigenvalue weighted by Crippen LogP contribution is -2.43. The number of nitrogens with one attached hydrogen (secondary N) is 2. The number of ether oxygens (including phenoxy) is 2. The largest absolute Gasteiger partial charge is 0.477 e. The maximum atomic E-state index is 5.71. The number of aliphatic imine (C=N–C) groups is 1. The second kappa shape index (κ2) is 12.6. The summed E-state index contributed by atoms with van der Waals surface area (Å²) in [6, 6.07) is 4.01. The van der Waals surface area contributed by atoms with Crippen LogP contribution in [-0.2, 0) is 11.3 Å². The minimum atomic E-state index is 0. The van der Waals surface area contributed by atoms with Crippen LogP contribution in [-0.4, -0.2) is 44.4 Å². The van der Waals surface area contributed by atoms with Crippen molar-refractivity contribution >= 4 is 29.9 Å². The Hall–Kier alpha value is -1.09. The van der Waals surface area contributed by atoms with Crippen LogP contribution < -0.4 is 15.4 Å². The molecular weight excluding hydrogens is 479 g/mol. The molecule has 0 amide bonds. The molecule has 164 valence electrons. The second-order valence-corrected chi connectivity index (χ2v) is 8.26. The van der Waals surface area contributed by atoms with Gasteiger partial charge in [-0.25, -0.2) is 9.98 Å². The van der Waals surface area contributed by atoms with Crippen molar-refractivity contribution in [2.24, 2.45) is 16.3 Å². The van der Waals surface area contributed by atoms with Crippen molar-refractivity contribution in [2.45, 2.75) is 58.4 Å². The summed E-state index contributed by atoms with van der Waals surface area (Å²) >= 11 is 0. The van der Waals surface area contributed by atoms with Crippen LogP contribution in [0.25, 0.3) is 0 Å². The van der Waals surface area contributed by atoms with E-state index in [-0.39, 0.29) is 24.0 Å². The highest BCUT2D eigenvalue weighted by molar-refractivity contribution is 14.0. The molecule has 2 aliphatic rings. The Kier molecular flexibility index (Phi) is 10.5. The minimum absolute atomic E-state index is 0. The maximum Gasteiger partial charge on any atom is 0.213 e. The lowest BCUT2D eigenvalue weighted by molar-refractivity contribution is 0.138. The molecule has 2 aliphatic carbocycles. The van der Waals surface area contributed by atoms with Gasteiger partial charge in [-0.2, -0.15) is 0 Å². The zero-order valence-electron chi connectivity index (χ0n) is 17.9. The van der Waals surface area contributed by atoms with Gasteiger partial charge in [0.15, 0.2) is 5.96 Å². The summed E-state index contributed by atoms with van der Waals surface area (Å²) < 4.78 is 11.0. The molecule has 0 saturated heterocycles. The molecule has 2 fully saturated rings. The topological polar surface area (TPSA) is 67.8 Å². The highest BCUT2D eigenvalue weighted by Gasteiger charge is 2.33. The average Bonchev–Trinajstić information content (AvgIpc) is 3.44. The predicted molar refractivity (Wildman–Crippen MR) is 128 cm³/mol. The molecule has 1 heterocycles. The fourth-order valence-electron chi connectivity index (χ4n) is 3.82. The molecule has 0 radical (unpaired) electrons. The number of nitrogens with zero attached hydrogens (tertiary/aromatic N) is 2. The number of methoxy groups -OCH3 is 1. The number of rotatable bonds is 11. The van der Waals surface area contributed by atoms with Crippen molar-refractivity contribution < 1.29 is 9.47 Å². The minimum Gasteiger partial charge on any atom is -0.477 e. The summed E-state index contributed by atoms with van der Waals surface area (Å²) in [5, 5.41) is 6.94. The third-order valence-corrected chi connectivity index (χ3v) is 5.86. The first-order valence-corrected chi connectivity index (χ1v) is 10.8. The molecule has 0 aliphatic heterocycles. The summed E-state index contributed by atoms with van der Waals surface area (Å²) in [4.78, 5) is 9.16. The van der Waals surface area contributed by atoms with Crippen molar-refractivity contribution in [3.63, 3.8) is 0 Å². The Bertz CT molecular complexity index is 614. The first-order chi connectivity index (χ1) is 13.7. The van der Waals surface area contributed by atoms with Crippen molar-refractivity contribution in [1.29, 1.82) is 0 Å². The van der Waals surface area contributed by atoms with E-state index in [0.717, 1.165) is 50.2 Å². The second-order valence-electron chi connectivity index (χ2n) is 8.26. The number of guanidine groups is 1. The number of hydrogen-bond donors (Lipinski definition) is 2. The Morgan fingerprint density at radius 2 is 2.03 bits per heavy atom. The highest BCUT2D eigenvalue weighted by Crippen LogP contribution is 2.40. The standard InChI is InChI=1S/C22H36N4O2.HI/c1-3-23-21(26-17-22(12-13-27-2)10-4-5-11-22)25-15-19-8-9-20(24-14-19)28-16-18-6-7-18;/h8-9,14,18H,3-7,10-13,15-17H2,1-2H3,(H2,23,25,26);1H. The molecule has 0 atom stereocenters. The number of hydrogen-bond acceptors (Lipinski definition) is 4. The maximum absolute atomic E-state index is 5.71. The molecule has 3 rings (SSSR count). The van der Waals surface area contributed by atoms with Gasteiger partial charge in [-0.05, 0) is 55.9 Å². The zero-order chi connectivity index (χ0) is 19.7. The van der Waals surface area contributed by atoms with E-state index in [1.807, 2.05) is 12.3 Å².